The summed E-state index contributed by atoms with van der Waals surface area (Å²) in [6.45, 7) is 6.80. The first-order chi connectivity index (χ1) is 11.2. The molecule has 4 heterocycles. The van der Waals surface area contributed by atoms with Gasteiger partial charge in [0.05, 0.1) is 12.3 Å². The van der Waals surface area contributed by atoms with Crippen molar-refractivity contribution in [3.05, 3.63) is 42.8 Å². The highest BCUT2D eigenvalue weighted by Crippen LogP contribution is 2.38. The molecular formula is C15H18N8. The second kappa shape index (κ2) is 5.08. The Morgan fingerprint density at radius 3 is 3.13 bits per heavy atom. The van der Waals surface area contributed by atoms with Crippen LogP contribution in [0.5, 0.6) is 0 Å². The van der Waals surface area contributed by atoms with Gasteiger partial charge in [-0.15, -0.1) is 10.2 Å². The van der Waals surface area contributed by atoms with E-state index in [-0.39, 0.29) is 6.04 Å². The third kappa shape index (κ3) is 2.06. The van der Waals surface area contributed by atoms with Crippen LogP contribution in [0.2, 0.25) is 0 Å². The molecule has 8 nitrogen and oxygen atoms in total. The zero-order valence-corrected chi connectivity index (χ0v) is 12.9. The molecule has 0 spiro atoms. The fourth-order valence-corrected chi connectivity index (χ4v) is 3.22. The molecule has 0 bridgehead atoms. The fourth-order valence-electron chi connectivity index (χ4n) is 3.22. The van der Waals surface area contributed by atoms with Crippen LogP contribution in [0, 0.1) is 6.92 Å². The quantitative estimate of drug-likeness (QED) is 0.861. The van der Waals surface area contributed by atoms with Gasteiger partial charge in [-0.25, -0.2) is 9.98 Å². The number of nitrogens with zero attached hydrogens (tertiary/aromatic N) is 7. The maximum atomic E-state index is 6.40. The SMILES string of the molecule is C=C(/N=C\C1=C(N)N2CCC[C@@H]2c2nnc(C)n21)n1ccnc1. The van der Waals surface area contributed by atoms with Gasteiger partial charge in [0, 0.05) is 18.9 Å². The van der Waals surface area contributed by atoms with Gasteiger partial charge in [0.25, 0.3) is 0 Å². The normalized spacial score (nSPS) is 20.2. The van der Waals surface area contributed by atoms with Gasteiger partial charge in [-0.1, -0.05) is 6.58 Å². The van der Waals surface area contributed by atoms with Crippen LogP contribution >= 0.6 is 0 Å². The van der Waals surface area contributed by atoms with E-state index < -0.39 is 0 Å². The summed E-state index contributed by atoms with van der Waals surface area (Å²) in [5.74, 6) is 3.02. The van der Waals surface area contributed by atoms with Crippen LogP contribution < -0.4 is 5.73 Å². The minimum Gasteiger partial charge on any atom is -0.384 e. The highest BCUT2D eigenvalue weighted by molar-refractivity contribution is 6.05. The Balaban J connectivity index is 1.75. The molecule has 0 unspecified atom stereocenters. The van der Waals surface area contributed by atoms with Gasteiger partial charge in [-0.2, -0.15) is 0 Å². The summed E-state index contributed by atoms with van der Waals surface area (Å²) in [4.78, 5) is 10.6. The predicted octanol–water partition coefficient (Wildman–Crippen LogP) is 1.22. The number of allylic oxidation sites excluding steroid dienone is 1. The highest BCUT2D eigenvalue weighted by atomic mass is 15.4. The number of hydrogen-bond donors (Lipinski definition) is 1. The molecule has 2 aliphatic heterocycles. The molecule has 2 aromatic rings. The first-order valence-corrected chi connectivity index (χ1v) is 7.57. The largest absolute Gasteiger partial charge is 0.384 e. The maximum Gasteiger partial charge on any atom is 0.160 e. The first kappa shape index (κ1) is 13.7. The lowest BCUT2D eigenvalue weighted by molar-refractivity contribution is 0.298. The lowest BCUT2D eigenvalue weighted by Gasteiger charge is -2.32. The van der Waals surface area contributed by atoms with Crippen molar-refractivity contribution in [1.29, 1.82) is 0 Å². The molecular weight excluding hydrogens is 292 g/mol. The molecule has 1 saturated heterocycles. The first-order valence-electron chi connectivity index (χ1n) is 7.57. The van der Waals surface area contributed by atoms with Crippen molar-refractivity contribution >= 4 is 17.7 Å². The third-order valence-electron chi connectivity index (χ3n) is 4.35. The summed E-state index contributed by atoms with van der Waals surface area (Å²) in [6, 6.07) is 0.213. The van der Waals surface area contributed by atoms with Crippen molar-refractivity contribution in [3.8, 4) is 0 Å². The van der Waals surface area contributed by atoms with E-state index in [0.29, 0.717) is 11.6 Å². The van der Waals surface area contributed by atoms with Gasteiger partial charge >= 0.3 is 0 Å². The van der Waals surface area contributed by atoms with Crippen molar-refractivity contribution in [2.75, 3.05) is 6.54 Å². The lowest BCUT2D eigenvalue weighted by Crippen LogP contribution is -2.35. The Morgan fingerprint density at radius 1 is 1.48 bits per heavy atom. The van der Waals surface area contributed by atoms with E-state index in [1.54, 1.807) is 29.5 Å². The van der Waals surface area contributed by atoms with Gasteiger partial charge in [0.15, 0.2) is 5.82 Å². The highest BCUT2D eigenvalue weighted by Gasteiger charge is 2.37. The molecule has 23 heavy (non-hydrogen) atoms. The molecule has 4 rings (SSSR count). The van der Waals surface area contributed by atoms with Crippen LogP contribution in [-0.4, -0.2) is 42.0 Å². The number of imidazole rings is 1. The van der Waals surface area contributed by atoms with E-state index in [1.807, 2.05) is 11.5 Å². The fraction of sp³-hybridized carbons (Fsp3) is 0.333. The van der Waals surface area contributed by atoms with Crippen molar-refractivity contribution in [2.45, 2.75) is 25.8 Å². The zero-order chi connectivity index (χ0) is 16.0. The van der Waals surface area contributed by atoms with Crippen LogP contribution in [-0.2, 0) is 0 Å². The smallest absolute Gasteiger partial charge is 0.160 e. The number of aryl methyl sites for hydroxylation is 1. The summed E-state index contributed by atoms with van der Waals surface area (Å²) in [6.07, 6.45) is 9.01. The van der Waals surface area contributed by atoms with E-state index in [1.165, 1.54) is 0 Å². The maximum absolute atomic E-state index is 6.40. The van der Waals surface area contributed by atoms with Gasteiger partial charge in [-0.05, 0) is 19.8 Å². The third-order valence-corrected chi connectivity index (χ3v) is 4.35. The second-order valence-electron chi connectivity index (χ2n) is 5.71. The lowest BCUT2D eigenvalue weighted by atomic mass is 10.1. The molecule has 0 aliphatic carbocycles. The monoisotopic (exact) mass is 310 g/mol. The topological polar surface area (TPSA) is 90.2 Å². The minimum absolute atomic E-state index is 0.213. The molecule has 2 N–H and O–H groups in total. The number of nitrogens with two attached hydrogens (primary N) is 1. The van der Waals surface area contributed by atoms with Gasteiger partial charge in [0.1, 0.15) is 29.5 Å². The van der Waals surface area contributed by atoms with Crippen LogP contribution in [0.15, 0.2) is 36.1 Å². The number of fused-ring (bicyclic) bond motifs is 3. The van der Waals surface area contributed by atoms with E-state index in [4.69, 9.17) is 5.73 Å². The van der Waals surface area contributed by atoms with Crippen molar-refractivity contribution in [3.63, 3.8) is 0 Å². The van der Waals surface area contributed by atoms with Crippen molar-refractivity contribution in [2.24, 2.45) is 10.7 Å². The molecule has 2 aromatic heterocycles. The minimum atomic E-state index is 0.213. The Hall–Kier alpha value is -2.90. The molecule has 0 saturated carbocycles. The van der Waals surface area contributed by atoms with Crippen LogP contribution in [0.4, 0.5) is 0 Å². The number of aromatic nitrogens is 5. The van der Waals surface area contributed by atoms with Gasteiger partial charge in [-0.3, -0.25) is 9.13 Å². The molecule has 0 aromatic carbocycles. The Morgan fingerprint density at radius 2 is 2.35 bits per heavy atom. The van der Waals surface area contributed by atoms with E-state index in [2.05, 4.69) is 31.7 Å². The number of rotatable bonds is 3. The number of hydrogen-bond acceptors (Lipinski definition) is 6. The van der Waals surface area contributed by atoms with Crippen LogP contribution in [0.1, 0.15) is 30.5 Å². The Kier molecular flexibility index (Phi) is 3.03. The summed E-state index contributed by atoms with van der Waals surface area (Å²) < 4.78 is 3.74. The average Bonchev–Trinajstić information content (AvgIpc) is 3.27. The standard InChI is InChI=1S/C15H18N8/c1-10(21-7-5-17-9-21)18-8-13-14(16)22-6-3-4-12(22)15-20-19-11(2)23(13)15/h5,7-9,12H,1,3-4,6,16H2,2H3/b18-8-/t12-/m1/s1. The average molecular weight is 310 g/mol. The summed E-state index contributed by atoms with van der Waals surface area (Å²) in [5.41, 5.74) is 7.19. The van der Waals surface area contributed by atoms with E-state index in [9.17, 15) is 0 Å². The van der Waals surface area contributed by atoms with Gasteiger partial charge in [0.2, 0.25) is 0 Å². The number of aliphatic imine (C=N–C) groups is 1. The van der Waals surface area contributed by atoms with Gasteiger partial charge < -0.3 is 10.6 Å². The molecule has 0 amide bonds. The van der Waals surface area contributed by atoms with E-state index >= 15 is 0 Å². The summed E-state index contributed by atoms with van der Waals surface area (Å²) in [7, 11) is 0. The van der Waals surface area contributed by atoms with Crippen LogP contribution in [0.3, 0.4) is 0 Å². The molecule has 1 fully saturated rings. The molecule has 118 valence electrons. The Labute approximate surface area is 133 Å². The van der Waals surface area contributed by atoms with Crippen molar-refractivity contribution < 1.29 is 0 Å². The van der Waals surface area contributed by atoms with E-state index in [0.717, 1.165) is 36.7 Å². The van der Waals surface area contributed by atoms with Crippen LogP contribution in [0.25, 0.3) is 11.5 Å². The second-order valence-corrected chi connectivity index (χ2v) is 5.71. The Bertz CT molecular complexity index is 811. The molecule has 1 atom stereocenters. The van der Waals surface area contributed by atoms with Crippen molar-refractivity contribution in [1.82, 2.24) is 29.2 Å². The predicted molar refractivity (Wildman–Crippen MR) is 86.9 cm³/mol. The molecule has 2 aliphatic rings. The summed E-state index contributed by atoms with van der Waals surface area (Å²) in [5, 5.41) is 8.56. The zero-order valence-electron chi connectivity index (χ0n) is 12.9. The molecule has 0 radical (unpaired) electrons. The summed E-state index contributed by atoms with van der Waals surface area (Å²) >= 11 is 0. The molecule has 8 heteroatoms.